The number of aliphatic carboxylic acids is 1. The summed E-state index contributed by atoms with van der Waals surface area (Å²) < 4.78 is 5.23. The van der Waals surface area contributed by atoms with Crippen LogP contribution in [0.4, 0.5) is 0 Å². The van der Waals surface area contributed by atoms with Crippen LogP contribution in [0.15, 0.2) is 10.5 Å². The van der Waals surface area contributed by atoms with Crippen LogP contribution in [-0.2, 0) is 4.79 Å². The SMILES string of the molecule is Cc1cc(C(=O)N[C@@H](C(=O)O)C(C)C)c(C)o1. The molecule has 1 atom stereocenters. The first kappa shape index (κ1) is 13.3. The highest BCUT2D eigenvalue weighted by Gasteiger charge is 2.25. The van der Waals surface area contributed by atoms with E-state index in [1.807, 2.05) is 0 Å². The Hall–Kier alpha value is -1.78. The van der Waals surface area contributed by atoms with Crippen LogP contribution in [0.2, 0.25) is 0 Å². The van der Waals surface area contributed by atoms with Crippen molar-refractivity contribution in [2.24, 2.45) is 5.92 Å². The van der Waals surface area contributed by atoms with E-state index in [0.717, 1.165) is 0 Å². The normalized spacial score (nSPS) is 12.5. The first-order chi connectivity index (χ1) is 7.82. The molecule has 0 saturated heterocycles. The molecule has 5 nitrogen and oxygen atoms in total. The number of carbonyl (C=O) groups is 2. The van der Waals surface area contributed by atoms with Crippen molar-refractivity contribution >= 4 is 11.9 Å². The molecule has 0 fully saturated rings. The topological polar surface area (TPSA) is 79.5 Å². The highest BCUT2D eigenvalue weighted by molar-refractivity contribution is 5.97. The fraction of sp³-hybridized carbons (Fsp3) is 0.500. The Kier molecular flexibility index (Phi) is 3.93. The number of carboxylic acid groups (broad SMARTS) is 1. The summed E-state index contributed by atoms with van der Waals surface area (Å²) in [5.74, 6) is -0.506. The van der Waals surface area contributed by atoms with E-state index in [1.54, 1.807) is 33.8 Å². The molecule has 0 saturated carbocycles. The number of rotatable bonds is 4. The lowest BCUT2D eigenvalue weighted by atomic mass is 10.0. The minimum Gasteiger partial charge on any atom is -0.480 e. The van der Waals surface area contributed by atoms with E-state index < -0.39 is 17.9 Å². The van der Waals surface area contributed by atoms with Crippen molar-refractivity contribution in [1.29, 1.82) is 0 Å². The van der Waals surface area contributed by atoms with Crippen LogP contribution >= 0.6 is 0 Å². The molecule has 1 heterocycles. The van der Waals surface area contributed by atoms with Gasteiger partial charge in [0.05, 0.1) is 5.56 Å². The summed E-state index contributed by atoms with van der Waals surface area (Å²) >= 11 is 0. The third kappa shape index (κ3) is 3.09. The van der Waals surface area contributed by atoms with Crippen LogP contribution in [0.3, 0.4) is 0 Å². The van der Waals surface area contributed by atoms with E-state index in [9.17, 15) is 9.59 Å². The molecule has 0 bridgehead atoms. The van der Waals surface area contributed by atoms with Crippen molar-refractivity contribution in [2.75, 3.05) is 0 Å². The largest absolute Gasteiger partial charge is 0.480 e. The fourth-order valence-corrected chi connectivity index (χ4v) is 1.59. The van der Waals surface area contributed by atoms with Crippen molar-refractivity contribution in [3.63, 3.8) is 0 Å². The quantitative estimate of drug-likeness (QED) is 0.838. The predicted molar refractivity (Wildman–Crippen MR) is 61.9 cm³/mol. The molecule has 0 aromatic carbocycles. The Morgan fingerprint density at radius 1 is 1.35 bits per heavy atom. The molecule has 0 aliphatic carbocycles. The smallest absolute Gasteiger partial charge is 0.326 e. The van der Waals surface area contributed by atoms with E-state index in [-0.39, 0.29) is 5.92 Å². The first-order valence-corrected chi connectivity index (χ1v) is 5.43. The lowest BCUT2D eigenvalue weighted by Gasteiger charge is -2.17. The highest BCUT2D eigenvalue weighted by atomic mass is 16.4. The molecular weight excluding hydrogens is 222 g/mol. The van der Waals surface area contributed by atoms with Gasteiger partial charge in [0.25, 0.3) is 5.91 Å². The monoisotopic (exact) mass is 239 g/mol. The minimum atomic E-state index is -1.04. The van der Waals surface area contributed by atoms with Crippen LogP contribution in [0.1, 0.15) is 35.7 Å². The van der Waals surface area contributed by atoms with Gasteiger partial charge in [-0.25, -0.2) is 4.79 Å². The summed E-state index contributed by atoms with van der Waals surface area (Å²) in [6.07, 6.45) is 0. The Labute approximate surface area is 99.8 Å². The summed E-state index contributed by atoms with van der Waals surface area (Å²) in [5, 5.41) is 11.5. The van der Waals surface area contributed by atoms with Gasteiger partial charge in [0.1, 0.15) is 17.6 Å². The van der Waals surface area contributed by atoms with Gasteiger partial charge in [-0.2, -0.15) is 0 Å². The molecule has 0 aliphatic heterocycles. The van der Waals surface area contributed by atoms with Crippen LogP contribution in [-0.4, -0.2) is 23.0 Å². The summed E-state index contributed by atoms with van der Waals surface area (Å²) in [4.78, 5) is 22.8. The van der Waals surface area contributed by atoms with E-state index in [0.29, 0.717) is 17.1 Å². The highest BCUT2D eigenvalue weighted by Crippen LogP contribution is 2.14. The third-order valence-electron chi connectivity index (χ3n) is 2.50. The average molecular weight is 239 g/mol. The third-order valence-corrected chi connectivity index (χ3v) is 2.50. The Bertz CT molecular complexity index is 434. The zero-order valence-corrected chi connectivity index (χ0v) is 10.4. The van der Waals surface area contributed by atoms with Crippen molar-refractivity contribution < 1.29 is 19.1 Å². The maximum absolute atomic E-state index is 11.9. The second kappa shape index (κ2) is 5.03. The van der Waals surface area contributed by atoms with Gasteiger partial charge in [0.2, 0.25) is 0 Å². The Balaban J connectivity index is 2.85. The molecule has 0 radical (unpaired) electrons. The van der Waals surface area contributed by atoms with Crippen molar-refractivity contribution in [2.45, 2.75) is 33.7 Å². The minimum absolute atomic E-state index is 0.176. The number of furan rings is 1. The molecule has 2 N–H and O–H groups in total. The number of amides is 1. The van der Waals surface area contributed by atoms with Crippen LogP contribution in [0, 0.1) is 19.8 Å². The zero-order chi connectivity index (χ0) is 13.2. The molecule has 0 aliphatic rings. The fourth-order valence-electron chi connectivity index (χ4n) is 1.59. The van der Waals surface area contributed by atoms with Crippen LogP contribution in [0.5, 0.6) is 0 Å². The molecular formula is C12H17NO4. The second-order valence-electron chi connectivity index (χ2n) is 4.36. The van der Waals surface area contributed by atoms with Gasteiger partial charge in [-0.15, -0.1) is 0 Å². The molecule has 1 rings (SSSR count). The number of aryl methyl sites for hydroxylation is 2. The summed E-state index contributed by atoms with van der Waals surface area (Å²) in [7, 11) is 0. The average Bonchev–Trinajstić information content (AvgIpc) is 2.53. The van der Waals surface area contributed by atoms with Gasteiger partial charge in [0.15, 0.2) is 0 Å². The van der Waals surface area contributed by atoms with Gasteiger partial charge in [-0.05, 0) is 25.8 Å². The van der Waals surface area contributed by atoms with Gasteiger partial charge in [0, 0.05) is 0 Å². The number of carbonyl (C=O) groups excluding carboxylic acids is 1. The van der Waals surface area contributed by atoms with Crippen molar-refractivity contribution in [1.82, 2.24) is 5.32 Å². The first-order valence-electron chi connectivity index (χ1n) is 5.43. The number of hydrogen-bond acceptors (Lipinski definition) is 3. The van der Waals surface area contributed by atoms with Crippen molar-refractivity contribution in [3.05, 3.63) is 23.2 Å². The lowest BCUT2D eigenvalue weighted by molar-refractivity contribution is -0.140. The van der Waals surface area contributed by atoms with Crippen molar-refractivity contribution in [3.8, 4) is 0 Å². The predicted octanol–water partition coefficient (Wildman–Crippen LogP) is 1.74. The van der Waals surface area contributed by atoms with Gasteiger partial charge in [-0.3, -0.25) is 4.79 Å². The number of hydrogen-bond donors (Lipinski definition) is 2. The molecule has 5 heteroatoms. The van der Waals surface area contributed by atoms with E-state index in [2.05, 4.69) is 5.32 Å². The van der Waals surface area contributed by atoms with Gasteiger partial charge < -0.3 is 14.8 Å². The maximum Gasteiger partial charge on any atom is 0.326 e. The molecule has 17 heavy (non-hydrogen) atoms. The van der Waals surface area contributed by atoms with Gasteiger partial charge >= 0.3 is 5.97 Å². The van der Waals surface area contributed by atoms with E-state index >= 15 is 0 Å². The standard InChI is InChI=1S/C12H17NO4/c1-6(2)10(12(15)16)13-11(14)9-5-7(3)17-8(9)4/h5-6,10H,1-4H3,(H,13,14)(H,15,16)/t10-/m1/s1. The second-order valence-corrected chi connectivity index (χ2v) is 4.36. The van der Waals surface area contributed by atoms with E-state index in [1.165, 1.54) is 0 Å². The molecule has 0 unspecified atom stereocenters. The summed E-state index contributed by atoms with van der Waals surface area (Å²) in [5.41, 5.74) is 0.384. The number of carboxylic acids is 1. The molecule has 0 spiro atoms. The Morgan fingerprint density at radius 2 is 1.94 bits per heavy atom. The molecule has 1 amide bonds. The molecule has 1 aromatic heterocycles. The zero-order valence-electron chi connectivity index (χ0n) is 10.4. The summed E-state index contributed by atoms with van der Waals surface area (Å²) in [6.45, 7) is 6.90. The molecule has 1 aromatic rings. The van der Waals surface area contributed by atoms with Crippen LogP contribution < -0.4 is 5.32 Å². The van der Waals surface area contributed by atoms with E-state index in [4.69, 9.17) is 9.52 Å². The Morgan fingerprint density at radius 3 is 2.29 bits per heavy atom. The maximum atomic E-state index is 11.9. The van der Waals surface area contributed by atoms with Gasteiger partial charge in [-0.1, -0.05) is 13.8 Å². The van der Waals surface area contributed by atoms with Crippen LogP contribution in [0.25, 0.3) is 0 Å². The number of nitrogens with one attached hydrogen (secondary N) is 1. The summed E-state index contributed by atoms with van der Waals surface area (Å²) in [6, 6.07) is 0.710. The lowest BCUT2D eigenvalue weighted by Crippen LogP contribution is -2.44. The molecule has 94 valence electrons.